The molecule has 0 aliphatic carbocycles. The van der Waals surface area contributed by atoms with Crippen LogP contribution in [-0.2, 0) is 0 Å². The van der Waals surface area contributed by atoms with Gasteiger partial charge in [-0.3, -0.25) is 14.9 Å². The average molecular weight is 351 g/mol. The van der Waals surface area contributed by atoms with E-state index in [0.717, 1.165) is 12.3 Å². The first kappa shape index (κ1) is 16.8. The summed E-state index contributed by atoms with van der Waals surface area (Å²) in [5.41, 5.74) is 5.44. The number of nitro groups is 1. The van der Waals surface area contributed by atoms with Gasteiger partial charge in [-0.25, -0.2) is 9.97 Å². The molecule has 130 valence electrons. The zero-order valence-corrected chi connectivity index (χ0v) is 13.3. The van der Waals surface area contributed by atoms with Crippen LogP contribution >= 0.6 is 0 Å². The van der Waals surface area contributed by atoms with Gasteiger partial charge in [-0.15, -0.1) is 0 Å². The van der Waals surface area contributed by atoms with E-state index in [4.69, 9.17) is 10.5 Å². The van der Waals surface area contributed by atoms with Crippen molar-refractivity contribution in [2.45, 2.75) is 0 Å². The first-order chi connectivity index (χ1) is 12.5. The zero-order valence-electron chi connectivity index (χ0n) is 13.3. The van der Waals surface area contributed by atoms with E-state index in [-0.39, 0.29) is 17.1 Å². The molecule has 1 amide bonds. The third kappa shape index (κ3) is 3.90. The number of benzene rings is 1. The molecule has 0 radical (unpaired) electrons. The summed E-state index contributed by atoms with van der Waals surface area (Å²) >= 11 is 0. The quantitative estimate of drug-likeness (QED) is 0.515. The Morgan fingerprint density at radius 2 is 2.00 bits per heavy atom. The summed E-state index contributed by atoms with van der Waals surface area (Å²) in [6, 6.07) is 13.2. The number of carbonyl (C=O) groups is 1. The Kier molecular flexibility index (Phi) is 4.70. The minimum atomic E-state index is -0.829. The van der Waals surface area contributed by atoms with Gasteiger partial charge in [-0.1, -0.05) is 12.1 Å². The molecule has 0 saturated heterocycles. The number of nitrogens with zero attached hydrogens (tertiary/aromatic N) is 3. The standard InChI is InChI=1S/C17H13N5O4/c18-16(23)14-9-12(22(24)25)10-20-17(14)21-11-4-3-5-13(8-11)26-15-6-1-2-7-19-15/h1-10H,(H2,18,23)(H,20,21). The van der Waals surface area contributed by atoms with Crippen molar-refractivity contribution >= 4 is 23.1 Å². The van der Waals surface area contributed by atoms with Crippen molar-refractivity contribution in [3.63, 3.8) is 0 Å². The van der Waals surface area contributed by atoms with Crippen LogP contribution in [0.25, 0.3) is 0 Å². The second-order valence-electron chi connectivity index (χ2n) is 5.13. The largest absolute Gasteiger partial charge is 0.439 e. The second-order valence-corrected chi connectivity index (χ2v) is 5.13. The molecule has 0 aliphatic heterocycles. The molecule has 3 N–H and O–H groups in total. The minimum Gasteiger partial charge on any atom is -0.439 e. The fraction of sp³-hybridized carbons (Fsp3) is 0. The molecule has 0 unspecified atom stereocenters. The number of anilines is 2. The zero-order chi connectivity index (χ0) is 18.5. The van der Waals surface area contributed by atoms with E-state index in [1.165, 1.54) is 0 Å². The van der Waals surface area contributed by atoms with Crippen LogP contribution in [0.2, 0.25) is 0 Å². The molecule has 0 atom stereocenters. The van der Waals surface area contributed by atoms with Crippen LogP contribution in [0.3, 0.4) is 0 Å². The van der Waals surface area contributed by atoms with E-state index in [9.17, 15) is 14.9 Å². The van der Waals surface area contributed by atoms with Crippen LogP contribution < -0.4 is 15.8 Å². The van der Waals surface area contributed by atoms with Gasteiger partial charge in [0, 0.05) is 30.1 Å². The number of nitrogens with one attached hydrogen (secondary N) is 1. The molecule has 2 aromatic heterocycles. The maximum absolute atomic E-state index is 11.6. The smallest absolute Gasteiger partial charge is 0.288 e. The molecule has 3 aromatic rings. The maximum atomic E-state index is 11.6. The number of amides is 1. The van der Waals surface area contributed by atoms with Gasteiger partial charge in [0.2, 0.25) is 5.88 Å². The first-order valence-corrected chi connectivity index (χ1v) is 7.43. The molecular weight excluding hydrogens is 338 g/mol. The van der Waals surface area contributed by atoms with E-state index in [0.29, 0.717) is 17.3 Å². The van der Waals surface area contributed by atoms with Crippen molar-refractivity contribution in [3.05, 3.63) is 76.6 Å². The Bertz CT molecular complexity index is 962. The Labute approximate surface area is 147 Å². The fourth-order valence-electron chi connectivity index (χ4n) is 2.14. The van der Waals surface area contributed by atoms with Crippen LogP contribution in [0, 0.1) is 10.1 Å². The minimum absolute atomic E-state index is 0.0877. The molecule has 0 spiro atoms. The van der Waals surface area contributed by atoms with Gasteiger partial charge in [0.1, 0.15) is 17.8 Å². The highest BCUT2D eigenvalue weighted by Gasteiger charge is 2.16. The maximum Gasteiger partial charge on any atom is 0.288 e. The Morgan fingerprint density at radius 3 is 2.69 bits per heavy atom. The summed E-state index contributed by atoms with van der Waals surface area (Å²) in [6.45, 7) is 0. The van der Waals surface area contributed by atoms with Crippen molar-refractivity contribution in [2.75, 3.05) is 5.32 Å². The van der Waals surface area contributed by atoms with E-state index in [1.54, 1.807) is 48.7 Å². The van der Waals surface area contributed by atoms with Crippen molar-refractivity contribution in [1.29, 1.82) is 0 Å². The Balaban J connectivity index is 1.86. The van der Waals surface area contributed by atoms with Crippen LogP contribution in [-0.4, -0.2) is 20.8 Å². The van der Waals surface area contributed by atoms with E-state index < -0.39 is 10.8 Å². The highest BCUT2D eigenvalue weighted by molar-refractivity contribution is 5.98. The topological polar surface area (TPSA) is 133 Å². The summed E-state index contributed by atoms with van der Waals surface area (Å²) in [5, 5.41) is 13.7. The van der Waals surface area contributed by atoms with E-state index in [1.807, 2.05) is 0 Å². The van der Waals surface area contributed by atoms with Gasteiger partial charge >= 0.3 is 0 Å². The van der Waals surface area contributed by atoms with Crippen molar-refractivity contribution in [1.82, 2.24) is 9.97 Å². The number of hydrogen-bond acceptors (Lipinski definition) is 7. The summed E-state index contributed by atoms with van der Waals surface area (Å²) in [5.74, 6) is 0.217. The molecule has 2 heterocycles. The first-order valence-electron chi connectivity index (χ1n) is 7.43. The van der Waals surface area contributed by atoms with Gasteiger partial charge in [-0.2, -0.15) is 0 Å². The number of primary amides is 1. The summed E-state index contributed by atoms with van der Waals surface area (Å²) in [6.07, 6.45) is 2.65. The van der Waals surface area contributed by atoms with Crippen molar-refractivity contribution in [2.24, 2.45) is 5.73 Å². The molecular formula is C17H13N5O4. The monoisotopic (exact) mass is 351 g/mol. The highest BCUT2D eigenvalue weighted by atomic mass is 16.6. The lowest BCUT2D eigenvalue weighted by Crippen LogP contribution is -2.14. The van der Waals surface area contributed by atoms with Gasteiger partial charge in [-0.05, 0) is 18.2 Å². The molecule has 0 bridgehead atoms. The molecule has 1 aromatic carbocycles. The van der Waals surface area contributed by atoms with E-state index in [2.05, 4.69) is 15.3 Å². The van der Waals surface area contributed by atoms with Gasteiger partial charge < -0.3 is 15.8 Å². The molecule has 26 heavy (non-hydrogen) atoms. The summed E-state index contributed by atoms with van der Waals surface area (Å²) in [4.78, 5) is 29.8. The fourth-order valence-corrected chi connectivity index (χ4v) is 2.14. The Morgan fingerprint density at radius 1 is 1.15 bits per heavy atom. The average Bonchev–Trinajstić information content (AvgIpc) is 2.63. The summed E-state index contributed by atoms with van der Waals surface area (Å²) < 4.78 is 5.63. The third-order valence-electron chi connectivity index (χ3n) is 3.31. The number of hydrogen-bond donors (Lipinski definition) is 2. The van der Waals surface area contributed by atoms with Crippen LogP contribution in [0.15, 0.2) is 60.9 Å². The highest BCUT2D eigenvalue weighted by Crippen LogP contribution is 2.26. The normalized spacial score (nSPS) is 10.2. The van der Waals surface area contributed by atoms with Crippen LogP contribution in [0.5, 0.6) is 11.6 Å². The van der Waals surface area contributed by atoms with Gasteiger partial charge in [0.25, 0.3) is 11.6 Å². The third-order valence-corrected chi connectivity index (χ3v) is 3.31. The number of ether oxygens (including phenoxy) is 1. The second kappa shape index (κ2) is 7.26. The van der Waals surface area contributed by atoms with Crippen LogP contribution in [0.4, 0.5) is 17.2 Å². The lowest BCUT2D eigenvalue weighted by atomic mass is 10.2. The van der Waals surface area contributed by atoms with Gasteiger partial charge in [0.05, 0.1) is 10.5 Å². The molecule has 0 aliphatic rings. The number of aromatic nitrogens is 2. The van der Waals surface area contributed by atoms with Crippen LogP contribution in [0.1, 0.15) is 10.4 Å². The lowest BCUT2D eigenvalue weighted by Gasteiger charge is -2.10. The molecule has 9 nitrogen and oxygen atoms in total. The molecule has 0 saturated carbocycles. The number of pyridine rings is 2. The molecule has 9 heteroatoms. The lowest BCUT2D eigenvalue weighted by molar-refractivity contribution is -0.385. The predicted octanol–water partition coefficient (Wildman–Crippen LogP) is 3.02. The van der Waals surface area contributed by atoms with Crippen molar-refractivity contribution in [3.8, 4) is 11.6 Å². The molecule has 3 rings (SSSR count). The van der Waals surface area contributed by atoms with Gasteiger partial charge in [0.15, 0.2) is 0 Å². The number of carbonyl (C=O) groups excluding carboxylic acids is 1. The van der Waals surface area contributed by atoms with E-state index >= 15 is 0 Å². The SMILES string of the molecule is NC(=O)c1cc([N+](=O)[O-])cnc1Nc1cccc(Oc2ccccn2)c1. The Hall–Kier alpha value is -4.01. The molecule has 0 fully saturated rings. The summed E-state index contributed by atoms with van der Waals surface area (Å²) in [7, 11) is 0. The van der Waals surface area contributed by atoms with Crippen molar-refractivity contribution < 1.29 is 14.5 Å². The number of rotatable bonds is 6. The predicted molar refractivity (Wildman–Crippen MR) is 93.4 cm³/mol. The number of nitrogens with two attached hydrogens (primary N) is 1.